The van der Waals surface area contributed by atoms with Gasteiger partial charge in [0.15, 0.2) is 0 Å². The fourth-order valence-electron chi connectivity index (χ4n) is 2.91. The van der Waals surface area contributed by atoms with Gasteiger partial charge in [-0.1, -0.05) is 48.0 Å². The van der Waals surface area contributed by atoms with Gasteiger partial charge >= 0.3 is 0 Å². The molecule has 4 nitrogen and oxygen atoms in total. The lowest BCUT2D eigenvalue weighted by atomic mass is 10.1. The van der Waals surface area contributed by atoms with Crippen molar-refractivity contribution in [1.29, 1.82) is 0 Å². The minimum atomic E-state index is -3.26. The van der Waals surface area contributed by atoms with Gasteiger partial charge in [-0.2, -0.15) is 0 Å². The summed E-state index contributed by atoms with van der Waals surface area (Å²) < 4.78 is 32.6. The molecule has 1 aliphatic heterocycles. The maximum absolute atomic E-state index is 12.5. The summed E-state index contributed by atoms with van der Waals surface area (Å²) in [5, 5.41) is 0. The molecule has 0 bridgehead atoms. The highest BCUT2D eigenvalue weighted by Gasteiger charge is 2.28. The monoisotopic (exact) mass is 345 g/mol. The third-order valence-electron chi connectivity index (χ3n) is 4.31. The van der Waals surface area contributed by atoms with E-state index < -0.39 is 10.0 Å². The second-order valence-corrected chi connectivity index (χ2v) is 8.24. The Morgan fingerprint density at radius 1 is 1.00 bits per heavy atom. The van der Waals surface area contributed by atoms with Crippen molar-refractivity contribution in [3.8, 4) is 5.75 Å². The summed E-state index contributed by atoms with van der Waals surface area (Å²) in [6, 6.07) is 17.3. The minimum Gasteiger partial charge on any atom is -0.490 e. The van der Waals surface area contributed by atoms with Crippen molar-refractivity contribution in [3.63, 3.8) is 0 Å². The number of sulfonamides is 1. The molecule has 0 aromatic heterocycles. The number of ether oxygens (including phenoxy) is 1. The summed E-state index contributed by atoms with van der Waals surface area (Å²) in [6.07, 6.45) is 1.53. The molecule has 1 saturated heterocycles. The molecule has 2 aromatic carbocycles. The highest BCUT2D eigenvalue weighted by atomic mass is 32.2. The molecule has 0 saturated carbocycles. The van der Waals surface area contributed by atoms with Crippen LogP contribution < -0.4 is 4.74 Å². The predicted molar refractivity (Wildman–Crippen MR) is 95.5 cm³/mol. The summed E-state index contributed by atoms with van der Waals surface area (Å²) in [5.74, 6) is 0.920. The summed E-state index contributed by atoms with van der Waals surface area (Å²) in [7, 11) is -3.26. The molecule has 1 aliphatic rings. The van der Waals surface area contributed by atoms with Gasteiger partial charge in [0, 0.05) is 13.1 Å². The zero-order chi connectivity index (χ0) is 17.0. The van der Waals surface area contributed by atoms with Crippen LogP contribution >= 0.6 is 0 Å². The van der Waals surface area contributed by atoms with Crippen LogP contribution in [-0.4, -0.2) is 31.9 Å². The largest absolute Gasteiger partial charge is 0.490 e. The second kappa shape index (κ2) is 7.36. The van der Waals surface area contributed by atoms with E-state index in [0.717, 1.165) is 24.2 Å². The van der Waals surface area contributed by atoms with Gasteiger partial charge < -0.3 is 4.74 Å². The highest BCUT2D eigenvalue weighted by molar-refractivity contribution is 7.88. The number of hydrogen-bond donors (Lipinski definition) is 0. The lowest BCUT2D eigenvalue weighted by molar-refractivity contribution is 0.135. The van der Waals surface area contributed by atoms with Crippen LogP contribution in [0.1, 0.15) is 24.0 Å². The van der Waals surface area contributed by atoms with Gasteiger partial charge in [0.25, 0.3) is 0 Å². The topological polar surface area (TPSA) is 46.6 Å². The van der Waals surface area contributed by atoms with E-state index >= 15 is 0 Å². The maximum Gasteiger partial charge on any atom is 0.218 e. The van der Waals surface area contributed by atoms with E-state index in [1.807, 2.05) is 61.5 Å². The van der Waals surface area contributed by atoms with Crippen LogP contribution in [0.2, 0.25) is 0 Å². The minimum absolute atomic E-state index is 0.0668. The number of piperidine rings is 1. The van der Waals surface area contributed by atoms with Crippen molar-refractivity contribution >= 4 is 10.0 Å². The highest BCUT2D eigenvalue weighted by Crippen LogP contribution is 2.22. The molecule has 0 atom stereocenters. The average molecular weight is 345 g/mol. The third-order valence-corrected chi connectivity index (χ3v) is 6.16. The Morgan fingerprint density at radius 3 is 2.25 bits per heavy atom. The Labute approximate surface area is 144 Å². The lowest BCUT2D eigenvalue weighted by Gasteiger charge is -2.31. The Balaban J connectivity index is 1.55. The van der Waals surface area contributed by atoms with E-state index in [1.165, 1.54) is 5.56 Å². The van der Waals surface area contributed by atoms with Gasteiger partial charge in [-0.05, 0) is 37.5 Å². The fraction of sp³-hybridized carbons (Fsp3) is 0.368. The molecule has 5 heteroatoms. The van der Waals surface area contributed by atoms with Crippen LogP contribution in [-0.2, 0) is 15.8 Å². The molecule has 0 unspecified atom stereocenters. The van der Waals surface area contributed by atoms with Crippen molar-refractivity contribution < 1.29 is 13.2 Å². The first kappa shape index (κ1) is 17.0. The standard InChI is InChI=1S/C19H23NO3S/c1-16-7-9-18(10-8-16)23-19-11-13-20(14-12-19)24(21,22)15-17-5-3-2-4-6-17/h2-10,19H,11-15H2,1H3. The molecule has 24 heavy (non-hydrogen) atoms. The summed E-state index contributed by atoms with van der Waals surface area (Å²) in [4.78, 5) is 0. The molecule has 0 aliphatic carbocycles. The van der Waals surface area contributed by atoms with E-state index in [1.54, 1.807) is 4.31 Å². The Kier molecular flexibility index (Phi) is 5.21. The van der Waals surface area contributed by atoms with E-state index in [-0.39, 0.29) is 11.9 Å². The summed E-state index contributed by atoms with van der Waals surface area (Å²) >= 11 is 0. The molecule has 0 radical (unpaired) electrons. The van der Waals surface area contributed by atoms with Gasteiger partial charge in [0.05, 0.1) is 5.75 Å². The van der Waals surface area contributed by atoms with E-state index in [9.17, 15) is 8.42 Å². The molecular weight excluding hydrogens is 322 g/mol. The molecule has 2 aromatic rings. The van der Waals surface area contributed by atoms with Gasteiger partial charge in [0.2, 0.25) is 10.0 Å². The number of benzene rings is 2. The zero-order valence-corrected chi connectivity index (χ0v) is 14.7. The van der Waals surface area contributed by atoms with Crippen molar-refractivity contribution in [2.24, 2.45) is 0 Å². The van der Waals surface area contributed by atoms with Gasteiger partial charge in [0.1, 0.15) is 11.9 Å². The fourth-order valence-corrected chi connectivity index (χ4v) is 4.48. The van der Waals surface area contributed by atoms with Crippen LogP contribution in [0.5, 0.6) is 5.75 Å². The molecule has 3 rings (SSSR count). The third kappa shape index (κ3) is 4.36. The first-order valence-electron chi connectivity index (χ1n) is 8.28. The van der Waals surface area contributed by atoms with Crippen LogP contribution in [0, 0.1) is 6.92 Å². The Morgan fingerprint density at radius 2 is 1.62 bits per heavy atom. The SMILES string of the molecule is Cc1ccc(OC2CCN(S(=O)(=O)Cc3ccccc3)CC2)cc1. The molecular formula is C19H23NO3S. The van der Waals surface area contributed by atoms with E-state index in [2.05, 4.69) is 0 Å². The smallest absolute Gasteiger partial charge is 0.218 e. The Bertz CT molecular complexity index is 749. The summed E-state index contributed by atoms with van der Waals surface area (Å²) in [5.41, 5.74) is 2.03. The first-order chi connectivity index (χ1) is 11.5. The number of aryl methyl sites for hydroxylation is 1. The van der Waals surface area contributed by atoms with Gasteiger partial charge in [-0.25, -0.2) is 12.7 Å². The average Bonchev–Trinajstić information content (AvgIpc) is 2.58. The van der Waals surface area contributed by atoms with Crippen LogP contribution in [0.4, 0.5) is 0 Å². The number of rotatable bonds is 5. The molecule has 0 spiro atoms. The summed E-state index contributed by atoms with van der Waals surface area (Å²) in [6.45, 7) is 3.08. The maximum atomic E-state index is 12.5. The molecule has 0 amide bonds. The molecule has 128 valence electrons. The number of hydrogen-bond acceptors (Lipinski definition) is 3. The Hall–Kier alpha value is -1.85. The van der Waals surface area contributed by atoms with Crippen molar-refractivity contribution in [3.05, 3.63) is 65.7 Å². The van der Waals surface area contributed by atoms with Crippen LogP contribution in [0.15, 0.2) is 54.6 Å². The van der Waals surface area contributed by atoms with Crippen molar-refractivity contribution in [2.45, 2.75) is 31.6 Å². The molecule has 0 N–H and O–H groups in total. The first-order valence-corrected chi connectivity index (χ1v) is 9.89. The van der Waals surface area contributed by atoms with Crippen molar-refractivity contribution in [2.75, 3.05) is 13.1 Å². The second-order valence-electron chi connectivity index (χ2n) is 6.27. The zero-order valence-electron chi connectivity index (χ0n) is 13.9. The normalized spacial score (nSPS) is 16.9. The molecule has 1 fully saturated rings. The quantitative estimate of drug-likeness (QED) is 0.835. The van der Waals surface area contributed by atoms with Crippen molar-refractivity contribution in [1.82, 2.24) is 4.31 Å². The van der Waals surface area contributed by atoms with Crippen LogP contribution in [0.3, 0.4) is 0 Å². The van der Waals surface area contributed by atoms with E-state index in [0.29, 0.717) is 13.1 Å². The molecule has 1 heterocycles. The van der Waals surface area contributed by atoms with Gasteiger partial charge in [-0.15, -0.1) is 0 Å². The lowest BCUT2D eigenvalue weighted by Crippen LogP contribution is -2.42. The van der Waals surface area contributed by atoms with Gasteiger partial charge in [-0.3, -0.25) is 0 Å². The predicted octanol–water partition coefficient (Wildman–Crippen LogP) is 3.37. The number of nitrogens with zero attached hydrogens (tertiary/aromatic N) is 1. The van der Waals surface area contributed by atoms with Crippen LogP contribution in [0.25, 0.3) is 0 Å². The van der Waals surface area contributed by atoms with E-state index in [4.69, 9.17) is 4.74 Å².